The summed E-state index contributed by atoms with van der Waals surface area (Å²) in [4.78, 5) is 12.9. The van der Waals surface area contributed by atoms with Gasteiger partial charge in [-0.15, -0.1) is 0 Å². The average Bonchev–Trinajstić information content (AvgIpc) is 2.81. The Hall–Kier alpha value is -4.10. The van der Waals surface area contributed by atoms with Crippen LogP contribution in [0.3, 0.4) is 0 Å². The molecule has 0 aliphatic rings. The summed E-state index contributed by atoms with van der Waals surface area (Å²) in [6.07, 6.45) is 0. The van der Waals surface area contributed by atoms with Crippen LogP contribution < -0.4 is 14.8 Å². The molecule has 0 saturated heterocycles. The van der Waals surface area contributed by atoms with E-state index in [2.05, 4.69) is 10.0 Å². The van der Waals surface area contributed by atoms with Gasteiger partial charge in [0.05, 0.1) is 10.6 Å². The smallest absolute Gasteiger partial charge is 0.261 e. The summed E-state index contributed by atoms with van der Waals surface area (Å²) in [7, 11) is -3.71. The molecule has 0 bridgehead atoms. The Morgan fingerprint density at radius 1 is 0.758 bits per heavy atom. The maximum absolute atomic E-state index is 12.8. The molecule has 166 valence electrons. The van der Waals surface area contributed by atoms with Gasteiger partial charge in [-0.3, -0.25) is 9.52 Å². The van der Waals surface area contributed by atoms with Gasteiger partial charge in [-0.25, -0.2) is 8.42 Å². The Balaban J connectivity index is 1.46. The minimum absolute atomic E-state index is 0.171. The summed E-state index contributed by atoms with van der Waals surface area (Å²) in [5.74, 6) is 0.830. The first kappa shape index (κ1) is 22.1. The summed E-state index contributed by atoms with van der Waals surface area (Å²) in [6, 6.07) is 29.2. The topological polar surface area (TPSA) is 84.5 Å². The van der Waals surface area contributed by atoms with Crippen molar-refractivity contribution in [1.82, 2.24) is 0 Å². The standard InChI is InChI=1S/C26H22N2O4S/c1-19-11-17-23(18-12-19)33(30,31)28-21-15-13-20(14-16-21)26(29)27-24-9-5-6-10-25(24)32-22-7-3-2-4-8-22/h2-18,28H,1H3,(H,27,29). The zero-order valence-corrected chi connectivity index (χ0v) is 18.7. The van der Waals surface area contributed by atoms with Crippen LogP contribution in [0.5, 0.6) is 11.5 Å². The normalized spacial score (nSPS) is 10.9. The van der Waals surface area contributed by atoms with Crippen molar-refractivity contribution >= 4 is 27.3 Å². The molecule has 0 unspecified atom stereocenters. The van der Waals surface area contributed by atoms with Gasteiger partial charge in [0.25, 0.3) is 15.9 Å². The van der Waals surface area contributed by atoms with Crippen molar-refractivity contribution in [2.75, 3.05) is 10.0 Å². The number of sulfonamides is 1. The molecule has 0 heterocycles. The van der Waals surface area contributed by atoms with Crippen LogP contribution in [0.25, 0.3) is 0 Å². The molecule has 0 fully saturated rings. The van der Waals surface area contributed by atoms with Crippen LogP contribution in [-0.4, -0.2) is 14.3 Å². The third kappa shape index (κ3) is 5.58. The number of benzene rings is 4. The largest absolute Gasteiger partial charge is 0.455 e. The first-order valence-electron chi connectivity index (χ1n) is 10.2. The lowest BCUT2D eigenvalue weighted by atomic mass is 10.2. The van der Waals surface area contributed by atoms with E-state index in [1.807, 2.05) is 43.3 Å². The van der Waals surface area contributed by atoms with E-state index in [-0.39, 0.29) is 10.8 Å². The van der Waals surface area contributed by atoms with Crippen LogP contribution in [0.2, 0.25) is 0 Å². The second kappa shape index (κ2) is 9.58. The van der Waals surface area contributed by atoms with Crippen LogP contribution >= 0.6 is 0 Å². The number of ether oxygens (including phenoxy) is 1. The summed E-state index contributed by atoms with van der Waals surface area (Å²) in [5, 5.41) is 2.84. The van der Waals surface area contributed by atoms with Crippen molar-refractivity contribution in [2.24, 2.45) is 0 Å². The molecule has 2 N–H and O–H groups in total. The third-order valence-electron chi connectivity index (χ3n) is 4.84. The molecule has 4 aromatic carbocycles. The molecule has 0 aliphatic heterocycles. The summed E-state index contributed by atoms with van der Waals surface area (Å²) in [6.45, 7) is 1.89. The lowest BCUT2D eigenvalue weighted by Gasteiger charge is -2.13. The number of carbonyl (C=O) groups excluding carboxylic acids is 1. The van der Waals surface area contributed by atoms with Crippen molar-refractivity contribution in [1.29, 1.82) is 0 Å². The number of aryl methyl sites for hydroxylation is 1. The summed E-state index contributed by atoms with van der Waals surface area (Å²) < 4.78 is 33.5. The van der Waals surface area contributed by atoms with E-state index in [4.69, 9.17) is 4.74 Å². The number of hydrogen-bond donors (Lipinski definition) is 2. The van der Waals surface area contributed by atoms with Crippen molar-refractivity contribution in [3.05, 3.63) is 114 Å². The number of hydrogen-bond acceptors (Lipinski definition) is 4. The van der Waals surface area contributed by atoms with Crippen LogP contribution in [0.1, 0.15) is 15.9 Å². The fourth-order valence-electron chi connectivity index (χ4n) is 3.09. The third-order valence-corrected chi connectivity index (χ3v) is 6.23. The zero-order valence-electron chi connectivity index (χ0n) is 17.9. The van der Waals surface area contributed by atoms with Gasteiger partial charge in [0.15, 0.2) is 5.75 Å². The molecule has 0 spiro atoms. The highest BCUT2D eigenvalue weighted by Crippen LogP contribution is 2.29. The first-order chi connectivity index (χ1) is 15.9. The number of carbonyl (C=O) groups is 1. The molecule has 0 radical (unpaired) electrons. The van der Waals surface area contributed by atoms with Crippen LogP contribution in [0.15, 0.2) is 108 Å². The molecule has 0 saturated carbocycles. The van der Waals surface area contributed by atoms with Crippen molar-refractivity contribution in [3.63, 3.8) is 0 Å². The predicted octanol–water partition coefficient (Wildman–Crippen LogP) is 5.84. The Bertz CT molecular complexity index is 1350. The molecule has 0 atom stereocenters. The lowest BCUT2D eigenvalue weighted by molar-refractivity contribution is 0.102. The Morgan fingerprint density at radius 2 is 1.39 bits per heavy atom. The van der Waals surface area contributed by atoms with Crippen molar-refractivity contribution in [2.45, 2.75) is 11.8 Å². The van der Waals surface area contributed by atoms with Crippen molar-refractivity contribution < 1.29 is 17.9 Å². The minimum atomic E-state index is -3.71. The van der Waals surface area contributed by atoms with Crippen LogP contribution in [-0.2, 0) is 10.0 Å². The summed E-state index contributed by atoms with van der Waals surface area (Å²) in [5.41, 5.74) is 2.23. The fourth-order valence-corrected chi connectivity index (χ4v) is 4.15. The van der Waals surface area contributed by atoms with Gasteiger partial charge in [0.1, 0.15) is 5.75 Å². The molecule has 7 heteroatoms. The van der Waals surface area contributed by atoms with Gasteiger partial charge in [-0.1, -0.05) is 48.0 Å². The highest BCUT2D eigenvalue weighted by Gasteiger charge is 2.15. The van der Waals surface area contributed by atoms with Gasteiger partial charge < -0.3 is 10.1 Å². The van der Waals surface area contributed by atoms with E-state index in [1.54, 1.807) is 66.7 Å². The Kier molecular flexibility index (Phi) is 6.42. The number of nitrogens with one attached hydrogen (secondary N) is 2. The molecule has 1 amide bonds. The maximum Gasteiger partial charge on any atom is 0.261 e. The Labute approximate surface area is 192 Å². The number of amides is 1. The number of rotatable bonds is 7. The predicted molar refractivity (Wildman–Crippen MR) is 129 cm³/mol. The molecule has 4 aromatic rings. The molecule has 0 aromatic heterocycles. The Morgan fingerprint density at radius 3 is 2.09 bits per heavy atom. The van der Waals surface area contributed by atoms with Gasteiger partial charge >= 0.3 is 0 Å². The molecule has 33 heavy (non-hydrogen) atoms. The SMILES string of the molecule is Cc1ccc(S(=O)(=O)Nc2ccc(C(=O)Nc3ccccc3Oc3ccccc3)cc2)cc1. The van der Waals surface area contributed by atoms with E-state index in [0.29, 0.717) is 28.4 Å². The lowest BCUT2D eigenvalue weighted by Crippen LogP contribution is -2.14. The van der Waals surface area contributed by atoms with E-state index < -0.39 is 10.0 Å². The first-order valence-corrected chi connectivity index (χ1v) is 11.7. The van der Waals surface area contributed by atoms with E-state index in [9.17, 15) is 13.2 Å². The molecule has 4 rings (SSSR count). The monoisotopic (exact) mass is 458 g/mol. The van der Waals surface area contributed by atoms with E-state index >= 15 is 0 Å². The minimum Gasteiger partial charge on any atom is -0.455 e. The molecular formula is C26H22N2O4S. The number of anilines is 2. The maximum atomic E-state index is 12.8. The van der Waals surface area contributed by atoms with Gasteiger partial charge in [0, 0.05) is 11.3 Å². The van der Waals surface area contributed by atoms with E-state index in [1.165, 1.54) is 0 Å². The van der Waals surface area contributed by atoms with Crippen LogP contribution in [0, 0.1) is 6.92 Å². The van der Waals surface area contributed by atoms with Gasteiger partial charge in [-0.2, -0.15) is 0 Å². The molecule has 0 aliphatic carbocycles. The highest BCUT2D eigenvalue weighted by molar-refractivity contribution is 7.92. The quantitative estimate of drug-likeness (QED) is 0.364. The molecule has 6 nitrogen and oxygen atoms in total. The van der Waals surface area contributed by atoms with Gasteiger partial charge in [-0.05, 0) is 67.6 Å². The zero-order chi connectivity index (χ0) is 23.3. The number of para-hydroxylation sites is 3. The van der Waals surface area contributed by atoms with Crippen LogP contribution in [0.4, 0.5) is 11.4 Å². The van der Waals surface area contributed by atoms with Crippen molar-refractivity contribution in [3.8, 4) is 11.5 Å². The van der Waals surface area contributed by atoms with Gasteiger partial charge in [0.2, 0.25) is 0 Å². The molecular weight excluding hydrogens is 436 g/mol. The average molecular weight is 459 g/mol. The second-order valence-electron chi connectivity index (χ2n) is 7.36. The van der Waals surface area contributed by atoms with E-state index in [0.717, 1.165) is 5.56 Å². The summed E-state index contributed by atoms with van der Waals surface area (Å²) >= 11 is 0. The second-order valence-corrected chi connectivity index (χ2v) is 9.04. The fraction of sp³-hybridized carbons (Fsp3) is 0.0385. The highest BCUT2D eigenvalue weighted by atomic mass is 32.2.